The first-order valence-electron chi connectivity index (χ1n) is 9.24. The van der Waals surface area contributed by atoms with E-state index in [1.165, 1.54) is 6.92 Å². The van der Waals surface area contributed by atoms with Crippen LogP contribution in [-0.2, 0) is 11.2 Å². The average Bonchev–Trinajstić information content (AvgIpc) is 2.73. The van der Waals surface area contributed by atoms with E-state index in [2.05, 4.69) is 5.32 Å². The van der Waals surface area contributed by atoms with Gasteiger partial charge in [0, 0.05) is 5.56 Å². The summed E-state index contributed by atoms with van der Waals surface area (Å²) in [6.07, 6.45) is 0.691. The third-order valence-corrected chi connectivity index (χ3v) is 4.43. The fourth-order valence-electron chi connectivity index (χ4n) is 2.98. The van der Waals surface area contributed by atoms with Crippen LogP contribution in [-0.4, -0.2) is 18.3 Å². The highest BCUT2D eigenvalue weighted by Crippen LogP contribution is 2.19. The fraction of sp³-hybridized carbons (Fsp3) is 0.167. The topological polar surface area (TPSA) is 55.4 Å². The molecule has 0 saturated heterocycles. The number of nitrogens with one attached hydrogen (secondary N) is 1. The zero-order valence-electron chi connectivity index (χ0n) is 15.8. The van der Waals surface area contributed by atoms with Crippen LogP contribution in [0.1, 0.15) is 34.5 Å². The van der Waals surface area contributed by atoms with Crippen LogP contribution in [0.5, 0.6) is 5.75 Å². The molecule has 0 radical (unpaired) electrons. The SMILES string of the molecule is CC(=O)c1cccc(OCC(=O)NC(Cc2ccccc2)c2ccccc2)c1. The van der Waals surface area contributed by atoms with Crippen molar-refractivity contribution in [3.05, 3.63) is 102 Å². The van der Waals surface area contributed by atoms with Crippen LogP contribution in [0, 0.1) is 0 Å². The van der Waals surface area contributed by atoms with Crippen molar-refractivity contribution in [3.8, 4) is 5.75 Å². The van der Waals surface area contributed by atoms with Gasteiger partial charge in [-0.15, -0.1) is 0 Å². The Morgan fingerprint density at radius 2 is 1.57 bits per heavy atom. The quantitative estimate of drug-likeness (QED) is 0.597. The minimum Gasteiger partial charge on any atom is -0.484 e. The zero-order chi connectivity index (χ0) is 19.8. The number of Topliss-reactive ketones (excluding diaryl/α,β-unsaturated/α-hetero) is 1. The van der Waals surface area contributed by atoms with Gasteiger partial charge in [-0.3, -0.25) is 9.59 Å². The summed E-state index contributed by atoms with van der Waals surface area (Å²) in [6, 6.07) is 26.6. The van der Waals surface area contributed by atoms with Crippen molar-refractivity contribution in [1.82, 2.24) is 5.32 Å². The summed E-state index contributed by atoms with van der Waals surface area (Å²) in [5.74, 6) is 0.252. The van der Waals surface area contributed by atoms with Crippen molar-refractivity contribution in [3.63, 3.8) is 0 Å². The molecule has 28 heavy (non-hydrogen) atoms. The number of amides is 1. The lowest BCUT2D eigenvalue weighted by Crippen LogP contribution is -2.33. The first-order chi connectivity index (χ1) is 13.6. The maximum Gasteiger partial charge on any atom is 0.258 e. The molecule has 3 rings (SSSR count). The number of carbonyl (C=O) groups is 2. The molecular weight excluding hydrogens is 350 g/mol. The van der Waals surface area contributed by atoms with Crippen LogP contribution < -0.4 is 10.1 Å². The molecule has 1 unspecified atom stereocenters. The first kappa shape index (κ1) is 19.4. The maximum absolute atomic E-state index is 12.5. The highest BCUT2D eigenvalue weighted by molar-refractivity contribution is 5.94. The van der Waals surface area contributed by atoms with Gasteiger partial charge in [-0.25, -0.2) is 0 Å². The van der Waals surface area contributed by atoms with Gasteiger partial charge in [0.2, 0.25) is 0 Å². The van der Waals surface area contributed by atoms with Crippen molar-refractivity contribution in [1.29, 1.82) is 0 Å². The lowest BCUT2D eigenvalue weighted by molar-refractivity contribution is -0.123. The molecule has 0 aromatic heterocycles. The van der Waals surface area contributed by atoms with Gasteiger partial charge in [0.05, 0.1) is 6.04 Å². The van der Waals surface area contributed by atoms with Crippen molar-refractivity contribution in [2.75, 3.05) is 6.61 Å². The fourth-order valence-corrected chi connectivity index (χ4v) is 2.98. The lowest BCUT2D eigenvalue weighted by Gasteiger charge is -2.20. The second-order valence-corrected chi connectivity index (χ2v) is 6.59. The van der Waals surface area contributed by atoms with Gasteiger partial charge in [-0.2, -0.15) is 0 Å². The summed E-state index contributed by atoms with van der Waals surface area (Å²) >= 11 is 0. The summed E-state index contributed by atoms with van der Waals surface area (Å²) < 4.78 is 5.58. The largest absolute Gasteiger partial charge is 0.484 e. The molecule has 1 amide bonds. The number of rotatable bonds is 8. The molecule has 142 valence electrons. The van der Waals surface area contributed by atoms with E-state index in [4.69, 9.17) is 4.74 Å². The number of hydrogen-bond acceptors (Lipinski definition) is 3. The van der Waals surface area contributed by atoms with Crippen molar-refractivity contribution in [2.24, 2.45) is 0 Å². The molecule has 1 atom stereocenters. The standard InChI is InChI=1S/C24H23NO3/c1-18(26)21-13-8-14-22(16-21)28-17-24(27)25-23(20-11-6-3-7-12-20)15-19-9-4-2-5-10-19/h2-14,16,23H,15,17H2,1H3,(H,25,27). The Kier molecular flexibility index (Phi) is 6.58. The molecule has 0 aliphatic heterocycles. The van der Waals surface area contributed by atoms with E-state index in [0.29, 0.717) is 17.7 Å². The molecular formula is C24H23NO3. The van der Waals surface area contributed by atoms with E-state index < -0.39 is 0 Å². The van der Waals surface area contributed by atoms with Gasteiger partial charge in [-0.05, 0) is 36.6 Å². The van der Waals surface area contributed by atoms with Crippen LogP contribution >= 0.6 is 0 Å². The first-order valence-corrected chi connectivity index (χ1v) is 9.24. The summed E-state index contributed by atoms with van der Waals surface area (Å²) in [5, 5.41) is 3.06. The van der Waals surface area contributed by atoms with Gasteiger partial charge in [0.15, 0.2) is 12.4 Å². The van der Waals surface area contributed by atoms with E-state index in [1.807, 2.05) is 60.7 Å². The molecule has 0 heterocycles. The predicted molar refractivity (Wildman–Crippen MR) is 109 cm³/mol. The molecule has 0 aliphatic carbocycles. The highest BCUT2D eigenvalue weighted by atomic mass is 16.5. The monoisotopic (exact) mass is 373 g/mol. The van der Waals surface area contributed by atoms with Crippen LogP contribution in [0.3, 0.4) is 0 Å². The van der Waals surface area contributed by atoms with E-state index >= 15 is 0 Å². The Bertz CT molecular complexity index is 923. The van der Waals surface area contributed by atoms with Gasteiger partial charge < -0.3 is 10.1 Å². The minimum atomic E-state index is -0.210. The number of ether oxygens (including phenoxy) is 1. The van der Waals surface area contributed by atoms with Crippen LogP contribution in [0.2, 0.25) is 0 Å². The number of hydrogen-bond donors (Lipinski definition) is 1. The molecule has 4 nitrogen and oxygen atoms in total. The molecule has 3 aromatic rings. The molecule has 3 aromatic carbocycles. The van der Waals surface area contributed by atoms with Gasteiger partial charge in [0.1, 0.15) is 5.75 Å². The van der Waals surface area contributed by atoms with E-state index in [1.54, 1.807) is 24.3 Å². The normalized spacial score (nSPS) is 11.5. The number of benzene rings is 3. The smallest absolute Gasteiger partial charge is 0.258 e. The molecule has 0 spiro atoms. The number of carbonyl (C=O) groups excluding carboxylic acids is 2. The Labute approximate surface area is 165 Å². The number of ketones is 1. The van der Waals surface area contributed by atoms with E-state index in [9.17, 15) is 9.59 Å². The highest BCUT2D eigenvalue weighted by Gasteiger charge is 2.16. The summed E-state index contributed by atoms with van der Waals surface area (Å²) in [5.41, 5.74) is 2.74. The Balaban J connectivity index is 1.65. The predicted octanol–water partition coefficient (Wildman–Crippen LogP) is 4.37. The summed E-state index contributed by atoms with van der Waals surface area (Å²) in [6.45, 7) is 1.39. The van der Waals surface area contributed by atoms with Crippen molar-refractivity contribution in [2.45, 2.75) is 19.4 Å². The van der Waals surface area contributed by atoms with Gasteiger partial charge in [0.25, 0.3) is 5.91 Å². The summed E-state index contributed by atoms with van der Waals surface area (Å²) in [7, 11) is 0. The second kappa shape index (κ2) is 9.51. The van der Waals surface area contributed by atoms with Crippen molar-refractivity contribution < 1.29 is 14.3 Å². The molecule has 0 bridgehead atoms. The van der Waals surface area contributed by atoms with Crippen LogP contribution in [0.4, 0.5) is 0 Å². The van der Waals surface area contributed by atoms with E-state index in [0.717, 1.165) is 11.1 Å². The lowest BCUT2D eigenvalue weighted by atomic mass is 9.99. The van der Waals surface area contributed by atoms with Crippen molar-refractivity contribution >= 4 is 11.7 Å². The Hall–Kier alpha value is -3.40. The third-order valence-electron chi connectivity index (χ3n) is 4.43. The molecule has 1 N–H and O–H groups in total. The van der Waals surface area contributed by atoms with Gasteiger partial charge >= 0.3 is 0 Å². The molecule has 0 saturated carbocycles. The molecule has 0 fully saturated rings. The average molecular weight is 373 g/mol. The Morgan fingerprint density at radius 3 is 2.25 bits per heavy atom. The minimum absolute atomic E-state index is 0.0399. The molecule has 4 heteroatoms. The Morgan fingerprint density at radius 1 is 0.893 bits per heavy atom. The van der Waals surface area contributed by atoms with Crippen LogP contribution in [0.25, 0.3) is 0 Å². The molecule has 0 aliphatic rings. The summed E-state index contributed by atoms with van der Waals surface area (Å²) in [4.78, 5) is 24.0. The van der Waals surface area contributed by atoms with E-state index in [-0.39, 0.29) is 24.3 Å². The second-order valence-electron chi connectivity index (χ2n) is 6.59. The van der Waals surface area contributed by atoms with Crippen LogP contribution in [0.15, 0.2) is 84.9 Å². The van der Waals surface area contributed by atoms with Gasteiger partial charge in [-0.1, -0.05) is 72.8 Å². The zero-order valence-corrected chi connectivity index (χ0v) is 15.8. The maximum atomic E-state index is 12.5. The third kappa shape index (κ3) is 5.55.